The van der Waals surface area contributed by atoms with Gasteiger partial charge in [0.2, 0.25) is 5.91 Å². The lowest BCUT2D eigenvalue weighted by molar-refractivity contribution is -0.122. The fraction of sp³-hybridized carbons (Fsp3) is 0.182. The molecule has 2 aromatic carbocycles. The van der Waals surface area contributed by atoms with Crippen molar-refractivity contribution in [3.8, 4) is 0 Å². The van der Waals surface area contributed by atoms with Gasteiger partial charge < -0.3 is 10.1 Å². The largest absolute Gasteiger partial charge is 0.465 e. The van der Waals surface area contributed by atoms with Crippen LogP contribution in [0.3, 0.4) is 0 Å². The van der Waals surface area contributed by atoms with Crippen molar-refractivity contribution in [2.24, 2.45) is 0 Å². The fourth-order valence-electron chi connectivity index (χ4n) is 2.86. The third kappa shape index (κ3) is 6.37. The smallest absolute Gasteiger partial charge is 0.337 e. The Morgan fingerprint density at radius 3 is 2.65 bits per heavy atom. The van der Waals surface area contributed by atoms with E-state index in [-0.39, 0.29) is 18.2 Å². The van der Waals surface area contributed by atoms with Gasteiger partial charge in [-0.25, -0.2) is 4.79 Å². The molecule has 1 aliphatic heterocycles. The van der Waals surface area contributed by atoms with Gasteiger partial charge in [-0.2, -0.15) is 0 Å². The predicted octanol–water partition coefficient (Wildman–Crippen LogP) is 4.70. The molecule has 0 unspecified atom stereocenters. The number of hydrogen-bond acceptors (Lipinski definition) is 6. The van der Waals surface area contributed by atoms with E-state index in [2.05, 4.69) is 32.6 Å². The maximum absolute atomic E-state index is 12.7. The van der Waals surface area contributed by atoms with Crippen LogP contribution in [0, 0.1) is 3.57 Å². The molecule has 9 heteroatoms. The van der Waals surface area contributed by atoms with Crippen LogP contribution in [-0.4, -0.2) is 40.7 Å². The SMILES string of the molecule is COC(=O)c1ccc(/C=C2\SC(=S)N(CCCC(=O)Nc3cccc(I)c3)C2=O)cc1. The summed E-state index contributed by atoms with van der Waals surface area (Å²) in [6.45, 7) is 0.378. The summed E-state index contributed by atoms with van der Waals surface area (Å²) >= 11 is 8.76. The summed E-state index contributed by atoms with van der Waals surface area (Å²) in [5.41, 5.74) is 1.98. The third-order valence-electron chi connectivity index (χ3n) is 4.40. The molecule has 160 valence electrons. The molecule has 0 bridgehead atoms. The highest BCUT2D eigenvalue weighted by atomic mass is 127. The molecule has 0 radical (unpaired) electrons. The van der Waals surface area contributed by atoms with Crippen molar-refractivity contribution < 1.29 is 19.1 Å². The van der Waals surface area contributed by atoms with Crippen LogP contribution in [0.25, 0.3) is 6.08 Å². The van der Waals surface area contributed by atoms with Gasteiger partial charge >= 0.3 is 5.97 Å². The molecule has 1 fully saturated rings. The molecule has 6 nitrogen and oxygen atoms in total. The number of hydrogen-bond donors (Lipinski definition) is 1. The molecule has 1 saturated heterocycles. The summed E-state index contributed by atoms with van der Waals surface area (Å²) in [5.74, 6) is -0.692. The summed E-state index contributed by atoms with van der Waals surface area (Å²) in [5, 5.41) is 2.86. The second-order valence-electron chi connectivity index (χ2n) is 6.61. The van der Waals surface area contributed by atoms with E-state index >= 15 is 0 Å². The summed E-state index contributed by atoms with van der Waals surface area (Å²) < 4.78 is 6.20. The van der Waals surface area contributed by atoms with Gasteiger partial charge in [0.05, 0.1) is 17.6 Å². The average molecular weight is 566 g/mol. The number of carbonyl (C=O) groups is 3. The van der Waals surface area contributed by atoms with E-state index in [4.69, 9.17) is 12.2 Å². The number of amides is 2. The van der Waals surface area contributed by atoms with Crippen molar-refractivity contribution in [2.45, 2.75) is 12.8 Å². The topological polar surface area (TPSA) is 75.7 Å². The summed E-state index contributed by atoms with van der Waals surface area (Å²) in [6.07, 6.45) is 2.53. The minimum Gasteiger partial charge on any atom is -0.465 e. The Bertz CT molecular complexity index is 1050. The van der Waals surface area contributed by atoms with Crippen LogP contribution in [-0.2, 0) is 14.3 Å². The number of nitrogens with zero attached hydrogens (tertiary/aromatic N) is 1. The molecule has 0 aromatic heterocycles. The number of thioether (sulfide) groups is 1. The molecular formula is C22H19IN2O4S2. The molecule has 2 amide bonds. The average Bonchev–Trinajstić information content (AvgIpc) is 3.01. The fourth-order valence-corrected chi connectivity index (χ4v) is 4.72. The van der Waals surface area contributed by atoms with Crippen molar-refractivity contribution in [2.75, 3.05) is 19.0 Å². The molecule has 0 spiro atoms. The number of benzene rings is 2. The highest BCUT2D eigenvalue weighted by molar-refractivity contribution is 14.1. The van der Waals surface area contributed by atoms with Gasteiger partial charge in [0, 0.05) is 22.2 Å². The van der Waals surface area contributed by atoms with E-state index in [1.807, 2.05) is 24.3 Å². The van der Waals surface area contributed by atoms with Gasteiger partial charge in [0.15, 0.2) is 0 Å². The molecule has 31 heavy (non-hydrogen) atoms. The van der Waals surface area contributed by atoms with Crippen LogP contribution in [0.5, 0.6) is 0 Å². The quantitative estimate of drug-likeness (QED) is 0.227. The van der Waals surface area contributed by atoms with Gasteiger partial charge in [-0.1, -0.05) is 42.2 Å². The Morgan fingerprint density at radius 1 is 1.23 bits per heavy atom. The third-order valence-corrected chi connectivity index (χ3v) is 6.45. The number of ether oxygens (including phenoxy) is 1. The Labute approximate surface area is 203 Å². The molecular weight excluding hydrogens is 547 g/mol. The molecule has 0 atom stereocenters. The van der Waals surface area contributed by atoms with Crippen LogP contribution < -0.4 is 5.32 Å². The number of nitrogens with one attached hydrogen (secondary N) is 1. The van der Waals surface area contributed by atoms with Crippen LogP contribution in [0.1, 0.15) is 28.8 Å². The maximum Gasteiger partial charge on any atom is 0.337 e. The predicted molar refractivity (Wildman–Crippen MR) is 135 cm³/mol. The van der Waals surface area contributed by atoms with Crippen molar-refractivity contribution in [3.05, 3.63) is 68.1 Å². The van der Waals surface area contributed by atoms with E-state index in [0.717, 1.165) is 14.8 Å². The second kappa shape index (κ2) is 10.9. The number of carbonyl (C=O) groups excluding carboxylic acids is 3. The highest BCUT2D eigenvalue weighted by Crippen LogP contribution is 2.32. The normalized spacial score (nSPS) is 14.8. The van der Waals surface area contributed by atoms with Crippen molar-refractivity contribution in [3.63, 3.8) is 0 Å². The lowest BCUT2D eigenvalue weighted by Gasteiger charge is -2.14. The first kappa shape index (κ1) is 23.4. The number of esters is 1. The standard InChI is InChI=1S/C22H19IN2O4S2/c1-29-21(28)15-9-7-14(8-10-15)12-18-20(27)25(22(30)31-18)11-3-6-19(26)24-17-5-2-4-16(23)13-17/h2,4-5,7-10,12-13H,3,6,11H2,1H3,(H,24,26)/b18-12-. The molecule has 0 aliphatic carbocycles. The molecule has 0 saturated carbocycles. The Morgan fingerprint density at radius 2 is 1.97 bits per heavy atom. The van der Waals surface area contributed by atoms with Crippen molar-refractivity contribution in [1.82, 2.24) is 4.90 Å². The van der Waals surface area contributed by atoms with Crippen LogP contribution >= 0.6 is 46.6 Å². The first-order chi connectivity index (χ1) is 14.9. The molecule has 2 aromatic rings. The number of halogens is 1. The minimum absolute atomic E-state index is 0.103. The van der Waals surface area contributed by atoms with Crippen molar-refractivity contribution in [1.29, 1.82) is 0 Å². The summed E-state index contributed by atoms with van der Waals surface area (Å²) in [4.78, 5) is 38.4. The van der Waals surface area contributed by atoms with E-state index < -0.39 is 5.97 Å². The van der Waals surface area contributed by atoms with Gasteiger partial charge in [-0.15, -0.1) is 0 Å². The summed E-state index contributed by atoms with van der Waals surface area (Å²) in [7, 11) is 1.33. The van der Waals surface area contributed by atoms with E-state index in [1.165, 1.54) is 23.8 Å². The Balaban J connectivity index is 1.54. The lowest BCUT2D eigenvalue weighted by atomic mass is 10.1. The number of methoxy groups -OCH3 is 1. The Kier molecular flexibility index (Phi) is 8.22. The van der Waals surface area contributed by atoms with Gasteiger partial charge in [0.1, 0.15) is 4.32 Å². The first-order valence-electron chi connectivity index (χ1n) is 9.36. The molecule has 1 N–H and O–H groups in total. The van der Waals surface area contributed by atoms with E-state index in [9.17, 15) is 14.4 Å². The van der Waals surface area contributed by atoms with Gasteiger partial charge in [0.25, 0.3) is 5.91 Å². The van der Waals surface area contributed by atoms with Gasteiger partial charge in [-0.3, -0.25) is 14.5 Å². The van der Waals surface area contributed by atoms with Gasteiger partial charge in [-0.05, 0) is 71.0 Å². The highest BCUT2D eigenvalue weighted by Gasteiger charge is 2.31. The lowest BCUT2D eigenvalue weighted by Crippen LogP contribution is -2.29. The molecule has 1 aliphatic rings. The minimum atomic E-state index is -0.413. The van der Waals surface area contributed by atoms with E-state index in [1.54, 1.807) is 30.3 Å². The van der Waals surface area contributed by atoms with Crippen LogP contribution in [0.15, 0.2) is 53.4 Å². The zero-order valence-electron chi connectivity index (χ0n) is 16.6. The monoisotopic (exact) mass is 566 g/mol. The molecule has 1 heterocycles. The second-order valence-corrected chi connectivity index (χ2v) is 9.53. The number of rotatable bonds is 7. The zero-order chi connectivity index (χ0) is 22.4. The number of thiocarbonyl (C=S) groups is 1. The maximum atomic E-state index is 12.7. The Hall–Kier alpha value is -2.24. The number of anilines is 1. The first-order valence-corrected chi connectivity index (χ1v) is 11.7. The van der Waals surface area contributed by atoms with E-state index in [0.29, 0.717) is 27.8 Å². The van der Waals surface area contributed by atoms with Crippen LogP contribution in [0.4, 0.5) is 5.69 Å². The zero-order valence-corrected chi connectivity index (χ0v) is 20.4. The van der Waals surface area contributed by atoms with Crippen molar-refractivity contribution >= 4 is 80.4 Å². The van der Waals surface area contributed by atoms with Crippen LogP contribution in [0.2, 0.25) is 0 Å². The summed E-state index contributed by atoms with van der Waals surface area (Å²) in [6, 6.07) is 14.3. The molecule has 3 rings (SSSR count).